The van der Waals surface area contributed by atoms with Crippen LogP contribution in [0.4, 0.5) is 0 Å². The maximum atomic E-state index is 2.38. The molecule has 0 aliphatic carbocycles. The van der Waals surface area contributed by atoms with Gasteiger partial charge in [0.1, 0.15) is 0 Å². The first-order valence-electron chi connectivity index (χ1n) is 5.51. The Labute approximate surface area is 93.5 Å². The minimum Gasteiger partial charge on any atom is -0.308 e. The summed E-state index contributed by atoms with van der Waals surface area (Å²) in [6.07, 6.45) is 0. The average molecular weight is 206 g/mol. The molecule has 0 unspecified atom stereocenters. The van der Waals surface area contributed by atoms with Crippen LogP contribution in [0, 0.1) is 0 Å². The van der Waals surface area contributed by atoms with E-state index in [-0.39, 0.29) is 0 Å². The molecular weight excluding hydrogens is 184 g/mol. The Bertz CT molecular complexity index is 269. The van der Waals surface area contributed by atoms with E-state index in [1.807, 2.05) is 0 Å². The van der Waals surface area contributed by atoms with Crippen LogP contribution in [0.5, 0.6) is 0 Å². The molecule has 84 valence electrons. The zero-order chi connectivity index (χ0) is 11.3. The molecule has 0 saturated heterocycles. The second-order valence-electron chi connectivity index (χ2n) is 4.37. The maximum absolute atomic E-state index is 2.38. The Balaban J connectivity index is 2.49. The van der Waals surface area contributed by atoms with Crippen molar-refractivity contribution in [1.29, 1.82) is 0 Å². The zero-order valence-corrected chi connectivity index (χ0v) is 10.3. The van der Waals surface area contributed by atoms with Gasteiger partial charge in [-0.15, -0.1) is 0 Å². The minimum atomic E-state index is 0.492. The van der Waals surface area contributed by atoms with Crippen molar-refractivity contribution in [1.82, 2.24) is 9.80 Å². The third-order valence-corrected chi connectivity index (χ3v) is 2.84. The summed E-state index contributed by atoms with van der Waals surface area (Å²) >= 11 is 0. The molecule has 0 amide bonds. The van der Waals surface area contributed by atoms with Crippen LogP contribution >= 0.6 is 0 Å². The number of hydrogen-bond donors (Lipinski definition) is 0. The highest BCUT2D eigenvalue weighted by Crippen LogP contribution is 2.17. The van der Waals surface area contributed by atoms with E-state index in [0.717, 1.165) is 13.1 Å². The van der Waals surface area contributed by atoms with Crippen molar-refractivity contribution in [2.45, 2.75) is 13.0 Å². The van der Waals surface area contributed by atoms with Crippen LogP contribution in [0.1, 0.15) is 18.5 Å². The molecule has 0 N–H and O–H groups in total. The van der Waals surface area contributed by atoms with Gasteiger partial charge in [0.2, 0.25) is 0 Å². The second-order valence-corrected chi connectivity index (χ2v) is 4.37. The maximum Gasteiger partial charge on any atom is 0.0317 e. The highest BCUT2D eigenvalue weighted by molar-refractivity contribution is 5.18. The van der Waals surface area contributed by atoms with Gasteiger partial charge in [0.25, 0.3) is 0 Å². The topological polar surface area (TPSA) is 6.48 Å². The summed E-state index contributed by atoms with van der Waals surface area (Å²) in [5.41, 5.74) is 1.39. The molecule has 2 heteroatoms. The molecule has 0 aliphatic rings. The molecule has 1 rings (SSSR count). The van der Waals surface area contributed by atoms with Gasteiger partial charge in [0, 0.05) is 19.1 Å². The highest BCUT2D eigenvalue weighted by Gasteiger charge is 2.10. The van der Waals surface area contributed by atoms with Gasteiger partial charge in [-0.2, -0.15) is 0 Å². The number of nitrogens with zero attached hydrogens (tertiary/aromatic N) is 2. The summed E-state index contributed by atoms with van der Waals surface area (Å²) in [5.74, 6) is 0. The number of likely N-dealkylation sites (N-methyl/N-ethyl adjacent to an activating group) is 2. The third-order valence-electron chi connectivity index (χ3n) is 2.84. The van der Waals surface area contributed by atoms with Crippen LogP contribution in [0.2, 0.25) is 0 Å². The van der Waals surface area contributed by atoms with Crippen molar-refractivity contribution in [2.75, 3.05) is 34.2 Å². The molecule has 0 aliphatic heterocycles. The SMILES string of the molecule is C[C@H](c1ccccc1)N(C)CCN(C)C. The van der Waals surface area contributed by atoms with E-state index in [4.69, 9.17) is 0 Å². The Kier molecular flexibility index (Phi) is 4.79. The van der Waals surface area contributed by atoms with Gasteiger partial charge >= 0.3 is 0 Å². The molecule has 1 aromatic carbocycles. The molecule has 0 aromatic heterocycles. The fourth-order valence-corrected chi connectivity index (χ4v) is 1.54. The van der Waals surface area contributed by atoms with E-state index in [0.29, 0.717) is 6.04 Å². The third kappa shape index (κ3) is 4.02. The molecule has 1 atom stereocenters. The fraction of sp³-hybridized carbons (Fsp3) is 0.538. The summed E-state index contributed by atoms with van der Waals surface area (Å²) in [5, 5.41) is 0. The lowest BCUT2D eigenvalue weighted by Crippen LogP contribution is -2.30. The van der Waals surface area contributed by atoms with E-state index >= 15 is 0 Å². The van der Waals surface area contributed by atoms with Gasteiger partial charge in [-0.3, -0.25) is 4.90 Å². The van der Waals surface area contributed by atoms with Gasteiger partial charge in [-0.25, -0.2) is 0 Å². The van der Waals surface area contributed by atoms with Crippen LogP contribution in [-0.2, 0) is 0 Å². The van der Waals surface area contributed by atoms with Gasteiger partial charge in [-0.1, -0.05) is 30.3 Å². The largest absolute Gasteiger partial charge is 0.308 e. The summed E-state index contributed by atoms with van der Waals surface area (Å²) < 4.78 is 0. The van der Waals surface area contributed by atoms with Crippen LogP contribution in [0.15, 0.2) is 30.3 Å². The molecule has 0 spiro atoms. The van der Waals surface area contributed by atoms with E-state index in [2.05, 4.69) is 68.2 Å². The molecule has 0 heterocycles. The Morgan fingerprint density at radius 2 is 1.60 bits per heavy atom. The van der Waals surface area contributed by atoms with Crippen molar-refractivity contribution >= 4 is 0 Å². The van der Waals surface area contributed by atoms with Crippen molar-refractivity contribution in [3.05, 3.63) is 35.9 Å². The fourth-order valence-electron chi connectivity index (χ4n) is 1.54. The quantitative estimate of drug-likeness (QED) is 0.729. The summed E-state index contributed by atoms with van der Waals surface area (Å²) in [6.45, 7) is 4.46. The van der Waals surface area contributed by atoms with E-state index in [9.17, 15) is 0 Å². The normalized spacial score (nSPS) is 13.5. The zero-order valence-electron chi connectivity index (χ0n) is 10.3. The number of hydrogen-bond acceptors (Lipinski definition) is 2. The van der Waals surface area contributed by atoms with Crippen LogP contribution in [-0.4, -0.2) is 44.0 Å². The molecule has 0 radical (unpaired) electrons. The smallest absolute Gasteiger partial charge is 0.0317 e. The second kappa shape index (κ2) is 5.89. The monoisotopic (exact) mass is 206 g/mol. The molecule has 1 aromatic rings. The lowest BCUT2D eigenvalue weighted by molar-refractivity contribution is 0.231. The molecular formula is C13H22N2. The minimum absolute atomic E-state index is 0.492. The van der Waals surface area contributed by atoms with Gasteiger partial charge in [-0.05, 0) is 33.6 Å². The predicted molar refractivity (Wildman–Crippen MR) is 66.0 cm³/mol. The summed E-state index contributed by atoms with van der Waals surface area (Å²) in [7, 11) is 6.41. The standard InChI is InChI=1S/C13H22N2/c1-12(13-8-6-5-7-9-13)15(4)11-10-14(2)3/h5-9,12H,10-11H2,1-4H3/t12-/m1/s1. The Hall–Kier alpha value is -0.860. The van der Waals surface area contributed by atoms with Crippen LogP contribution < -0.4 is 0 Å². The van der Waals surface area contributed by atoms with Crippen LogP contribution in [0.3, 0.4) is 0 Å². The molecule has 0 saturated carbocycles. The van der Waals surface area contributed by atoms with E-state index in [1.54, 1.807) is 0 Å². The first-order chi connectivity index (χ1) is 7.11. The number of benzene rings is 1. The lowest BCUT2D eigenvalue weighted by Gasteiger charge is -2.26. The van der Waals surface area contributed by atoms with Crippen LogP contribution in [0.25, 0.3) is 0 Å². The van der Waals surface area contributed by atoms with E-state index < -0.39 is 0 Å². The van der Waals surface area contributed by atoms with Crippen molar-refractivity contribution in [3.8, 4) is 0 Å². The van der Waals surface area contributed by atoms with Crippen molar-refractivity contribution in [3.63, 3.8) is 0 Å². The summed E-state index contributed by atoms with van der Waals surface area (Å²) in [4.78, 5) is 4.60. The molecule has 0 bridgehead atoms. The molecule has 0 fully saturated rings. The molecule has 2 nitrogen and oxygen atoms in total. The van der Waals surface area contributed by atoms with Gasteiger partial charge < -0.3 is 4.90 Å². The van der Waals surface area contributed by atoms with Gasteiger partial charge in [0.15, 0.2) is 0 Å². The Morgan fingerprint density at radius 1 is 1.00 bits per heavy atom. The predicted octanol–water partition coefficient (Wildman–Crippen LogP) is 2.24. The lowest BCUT2D eigenvalue weighted by atomic mass is 10.1. The van der Waals surface area contributed by atoms with Gasteiger partial charge in [0.05, 0.1) is 0 Å². The Morgan fingerprint density at radius 3 is 2.13 bits per heavy atom. The first-order valence-corrected chi connectivity index (χ1v) is 5.51. The van der Waals surface area contributed by atoms with Crippen molar-refractivity contribution < 1.29 is 0 Å². The summed E-state index contributed by atoms with van der Waals surface area (Å²) in [6, 6.07) is 11.1. The number of rotatable bonds is 5. The van der Waals surface area contributed by atoms with Crippen molar-refractivity contribution in [2.24, 2.45) is 0 Å². The molecule has 15 heavy (non-hydrogen) atoms. The highest BCUT2D eigenvalue weighted by atomic mass is 15.2. The first kappa shape index (κ1) is 12.2. The van der Waals surface area contributed by atoms with E-state index in [1.165, 1.54) is 5.56 Å². The average Bonchev–Trinajstić information content (AvgIpc) is 2.26.